The fourth-order valence-corrected chi connectivity index (χ4v) is 4.37. The van der Waals surface area contributed by atoms with Crippen LogP contribution in [0, 0.1) is 5.92 Å². The molecule has 2 fully saturated rings. The first-order chi connectivity index (χ1) is 12.2. The van der Waals surface area contributed by atoms with Crippen LogP contribution in [0.4, 0.5) is 5.69 Å². The summed E-state index contributed by atoms with van der Waals surface area (Å²) in [6.45, 7) is 2.51. The van der Waals surface area contributed by atoms with E-state index >= 15 is 0 Å². The zero-order valence-electron chi connectivity index (χ0n) is 14.4. The first-order valence-corrected chi connectivity index (χ1v) is 9.23. The fraction of sp³-hybridized carbons (Fsp3) is 0.556. The second-order valence-electron chi connectivity index (χ2n) is 6.92. The van der Waals surface area contributed by atoms with Crippen LogP contribution in [0.25, 0.3) is 11.5 Å². The van der Waals surface area contributed by atoms with Crippen molar-refractivity contribution in [2.45, 2.75) is 38.1 Å². The number of fused-ring (bicyclic) bond motifs is 1. The molecule has 2 aromatic rings. The number of hydrogen-bond donors (Lipinski definition) is 1. The molecule has 2 saturated heterocycles. The van der Waals surface area contributed by atoms with Crippen molar-refractivity contribution in [2.24, 2.45) is 5.92 Å². The summed E-state index contributed by atoms with van der Waals surface area (Å²) in [5, 5.41) is 4.58. The third-order valence-corrected chi connectivity index (χ3v) is 5.83. The number of anilines is 1. The van der Waals surface area contributed by atoms with Crippen LogP contribution >= 0.6 is 11.6 Å². The van der Waals surface area contributed by atoms with Crippen LogP contribution in [0.3, 0.4) is 0 Å². The molecule has 0 radical (unpaired) electrons. The van der Waals surface area contributed by atoms with Crippen molar-refractivity contribution in [3.63, 3.8) is 0 Å². The van der Waals surface area contributed by atoms with Crippen LogP contribution in [0.1, 0.15) is 31.5 Å². The highest BCUT2D eigenvalue weighted by molar-refractivity contribution is 6.33. The summed E-state index contributed by atoms with van der Waals surface area (Å²) in [5.74, 6) is 2.49. The molecule has 1 aromatic heterocycles. The molecule has 2 atom stereocenters. The lowest BCUT2D eigenvalue weighted by Crippen LogP contribution is -2.26. The summed E-state index contributed by atoms with van der Waals surface area (Å²) in [7, 11) is 1.58. The van der Waals surface area contributed by atoms with Crippen LogP contribution in [0.15, 0.2) is 16.7 Å². The number of nitrogen functional groups attached to an aromatic ring is 1. The van der Waals surface area contributed by atoms with Gasteiger partial charge in [0.1, 0.15) is 5.75 Å². The number of aryl methyl sites for hydroxylation is 1. The average molecular weight is 363 g/mol. The predicted molar refractivity (Wildman–Crippen MR) is 96.7 cm³/mol. The maximum absolute atomic E-state index is 6.12. The fourth-order valence-electron chi connectivity index (χ4n) is 4.21. The Morgan fingerprint density at radius 1 is 1.36 bits per heavy atom. The van der Waals surface area contributed by atoms with Gasteiger partial charge in [-0.3, -0.25) is 0 Å². The van der Waals surface area contributed by atoms with E-state index in [0.29, 0.717) is 27.9 Å². The molecule has 0 aliphatic carbocycles. The van der Waals surface area contributed by atoms with Crippen molar-refractivity contribution in [3.8, 4) is 17.2 Å². The number of halogens is 1. The standard InChI is InChI=1S/C18H23ClN4O2/c1-24-16-10-14(20)13(19)9-12(16)18-21-17(22-25-18)5-4-11-6-8-23-7-2-3-15(11)23/h9-11,15H,2-8,20H2,1H3. The first kappa shape index (κ1) is 16.7. The summed E-state index contributed by atoms with van der Waals surface area (Å²) >= 11 is 6.12. The number of benzene rings is 1. The lowest BCUT2D eigenvalue weighted by molar-refractivity contribution is 0.283. The smallest absolute Gasteiger partial charge is 0.261 e. The quantitative estimate of drug-likeness (QED) is 0.821. The van der Waals surface area contributed by atoms with Crippen molar-refractivity contribution in [3.05, 3.63) is 23.0 Å². The van der Waals surface area contributed by atoms with Gasteiger partial charge >= 0.3 is 0 Å². The molecule has 1 aromatic carbocycles. The largest absolute Gasteiger partial charge is 0.496 e. The van der Waals surface area contributed by atoms with Gasteiger partial charge in [0.05, 0.1) is 23.4 Å². The van der Waals surface area contributed by atoms with Gasteiger partial charge in [-0.25, -0.2) is 0 Å². The normalized spacial score (nSPS) is 23.1. The van der Waals surface area contributed by atoms with E-state index in [1.807, 2.05) is 0 Å². The molecule has 2 aliphatic heterocycles. The molecular weight excluding hydrogens is 340 g/mol. The Hall–Kier alpha value is -1.79. The minimum atomic E-state index is 0.419. The van der Waals surface area contributed by atoms with Gasteiger partial charge in [0, 0.05) is 18.5 Å². The van der Waals surface area contributed by atoms with Crippen LogP contribution in [0.5, 0.6) is 5.75 Å². The minimum absolute atomic E-state index is 0.419. The molecule has 134 valence electrons. The first-order valence-electron chi connectivity index (χ1n) is 8.85. The Morgan fingerprint density at radius 2 is 2.24 bits per heavy atom. The monoisotopic (exact) mass is 362 g/mol. The van der Waals surface area contributed by atoms with E-state index in [0.717, 1.165) is 30.6 Å². The van der Waals surface area contributed by atoms with Crippen LogP contribution in [0.2, 0.25) is 5.02 Å². The zero-order chi connectivity index (χ0) is 17.4. The second-order valence-corrected chi connectivity index (χ2v) is 7.33. The van der Waals surface area contributed by atoms with Gasteiger partial charge in [0.15, 0.2) is 5.82 Å². The second kappa shape index (κ2) is 6.84. The van der Waals surface area contributed by atoms with E-state index < -0.39 is 0 Å². The van der Waals surface area contributed by atoms with Gasteiger partial charge < -0.3 is 19.9 Å². The number of rotatable bonds is 5. The van der Waals surface area contributed by atoms with E-state index in [1.54, 1.807) is 19.2 Å². The zero-order valence-corrected chi connectivity index (χ0v) is 15.1. The number of nitrogens with zero attached hydrogens (tertiary/aromatic N) is 3. The molecule has 0 saturated carbocycles. The van der Waals surface area contributed by atoms with Crippen molar-refractivity contribution in [1.82, 2.24) is 15.0 Å². The number of nitrogens with two attached hydrogens (primary N) is 1. The van der Waals surface area contributed by atoms with Crippen molar-refractivity contribution >= 4 is 17.3 Å². The summed E-state index contributed by atoms with van der Waals surface area (Å²) in [4.78, 5) is 7.17. The highest BCUT2D eigenvalue weighted by Gasteiger charge is 2.36. The molecule has 4 rings (SSSR count). The molecule has 0 bridgehead atoms. The number of aromatic nitrogens is 2. The van der Waals surface area contributed by atoms with Crippen molar-refractivity contribution in [1.29, 1.82) is 0 Å². The molecule has 6 nitrogen and oxygen atoms in total. The highest BCUT2D eigenvalue weighted by atomic mass is 35.5. The molecule has 2 N–H and O–H groups in total. The Morgan fingerprint density at radius 3 is 3.08 bits per heavy atom. The average Bonchev–Trinajstić information content (AvgIpc) is 3.32. The predicted octanol–water partition coefficient (Wildman–Crippen LogP) is 3.40. The van der Waals surface area contributed by atoms with E-state index in [9.17, 15) is 0 Å². The summed E-state index contributed by atoms with van der Waals surface area (Å²) < 4.78 is 10.8. The van der Waals surface area contributed by atoms with Crippen molar-refractivity contribution in [2.75, 3.05) is 25.9 Å². The molecule has 0 spiro atoms. The molecule has 7 heteroatoms. The van der Waals surface area contributed by atoms with Gasteiger partial charge in [-0.1, -0.05) is 16.8 Å². The topological polar surface area (TPSA) is 77.4 Å². The Bertz CT molecular complexity index is 764. The van der Waals surface area contributed by atoms with Crippen LogP contribution in [-0.2, 0) is 6.42 Å². The van der Waals surface area contributed by atoms with Crippen LogP contribution in [-0.4, -0.2) is 41.3 Å². The Balaban J connectivity index is 1.46. The molecule has 3 heterocycles. The van der Waals surface area contributed by atoms with Gasteiger partial charge in [-0.15, -0.1) is 0 Å². The lowest BCUT2D eigenvalue weighted by Gasteiger charge is -2.19. The maximum Gasteiger partial charge on any atom is 0.261 e. The number of hydrogen-bond acceptors (Lipinski definition) is 6. The van der Waals surface area contributed by atoms with Crippen molar-refractivity contribution < 1.29 is 9.26 Å². The molecule has 25 heavy (non-hydrogen) atoms. The third-order valence-electron chi connectivity index (χ3n) is 5.50. The minimum Gasteiger partial charge on any atom is -0.496 e. The van der Waals surface area contributed by atoms with Gasteiger partial charge in [0.25, 0.3) is 5.89 Å². The number of ether oxygens (including phenoxy) is 1. The van der Waals surface area contributed by atoms with Gasteiger partial charge in [-0.2, -0.15) is 4.98 Å². The lowest BCUT2D eigenvalue weighted by atomic mass is 9.93. The molecule has 2 unspecified atom stereocenters. The summed E-state index contributed by atoms with van der Waals surface area (Å²) in [6.07, 6.45) is 5.91. The number of methoxy groups -OCH3 is 1. The SMILES string of the molecule is COc1cc(N)c(Cl)cc1-c1nc(CCC2CCN3CCCC23)no1. The molecule has 0 amide bonds. The highest BCUT2D eigenvalue weighted by Crippen LogP contribution is 2.37. The van der Waals surface area contributed by atoms with Gasteiger partial charge in [0.2, 0.25) is 0 Å². The van der Waals surface area contributed by atoms with E-state index in [-0.39, 0.29) is 0 Å². The summed E-state index contributed by atoms with van der Waals surface area (Å²) in [6, 6.07) is 4.15. The summed E-state index contributed by atoms with van der Waals surface area (Å²) in [5.41, 5.74) is 6.96. The molecular formula is C18H23ClN4O2. The van der Waals surface area contributed by atoms with E-state index in [4.69, 9.17) is 26.6 Å². The van der Waals surface area contributed by atoms with Gasteiger partial charge in [-0.05, 0) is 50.8 Å². The Kier molecular flexibility index (Phi) is 4.56. The maximum atomic E-state index is 6.12. The van der Waals surface area contributed by atoms with E-state index in [2.05, 4.69) is 15.0 Å². The third kappa shape index (κ3) is 3.20. The van der Waals surface area contributed by atoms with Crippen LogP contribution < -0.4 is 10.5 Å². The van der Waals surface area contributed by atoms with E-state index in [1.165, 1.54) is 32.4 Å². The molecule has 2 aliphatic rings. The Labute approximate surface area is 152 Å².